The standard InChI is InChI=1S/C24H24N6O6S3/c1-3-7-36-29-17(16-10-37-23(27-16)26-13-31)19(32)28-18-20(33)30-11-24(22(34)35,12-38-21(18)30)39-8-6-15-5-4-14(2)25-9-15/h3-6,8-10,13,18,21H,1,7,11-12H2,2H3,(H,28,32)(H,34,35)(H,26,27,31)/t18?,21-,24?/m1/s1. The van der Waals surface area contributed by atoms with Crippen molar-refractivity contribution in [3.05, 3.63) is 58.7 Å². The van der Waals surface area contributed by atoms with E-state index in [1.54, 1.807) is 17.7 Å². The summed E-state index contributed by atoms with van der Waals surface area (Å²) in [5.74, 6) is -1.89. The molecular formula is C24H24N6O6S3. The number of thiazole rings is 1. The van der Waals surface area contributed by atoms with Gasteiger partial charge in [-0.1, -0.05) is 23.9 Å². The first-order chi connectivity index (χ1) is 18.8. The SMILES string of the molecule is C=CCON=C(C(=O)NC1C(=O)N2CC(SC=Cc3ccc(C)nc3)(C(=O)O)CS[C@H]12)c1csc(NC=O)n1. The molecule has 0 saturated carbocycles. The number of hydrogen-bond acceptors (Lipinski definition) is 11. The van der Waals surface area contributed by atoms with Crippen LogP contribution in [0.3, 0.4) is 0 Å². The number of oxime groups is 1. The Kier molecular flexibility index (Phi) is 9.04. The van der Waals surface area contributed by atoms with Crippen LogP contribution in [0.4, 0.5) is 5.13 Å². The molecule has 2 saturated heterocycles. The third kappa shape index (κ3) is 6.32. The highest BCUT2D eigenvalue weighted by Gasteiger charge is 2.57. The zero-order valence-corrected chi connectivity index (χ0v) is 23.1. The third-order valence-electron chi connectivity index (χ3n) is 5.71. The molecule has 0 radical (unpaired) electrons. The minimum Gasteiger partial charge on any atom is -0.480 e. The number of carbonyl (C=O) groups is 4. The highest BCUT2D eigenvalue weighted by molar-refractivity contribution is 8.06. The molecule has 0 bridgehead atoms. The highest BCUT2D eigenvalue weighted by atomic mass is 32.2. The lowest BCUT2D eigenvalue weighted by atomic mass is 10.0. The summed E-state index contributed by atoms with van der Waals surface area (Å²) in [5.41, 5.74) is 1.69. The fourth-order valence-corrected chi connectivity index (χ4v) is 7.01. The van der Waals surface area contributed by atoms with Gasteiger partial charge in [-0.3, -0.25) is 24.2 Å². The van der Waals surface area contributed by atoms with Gasteiger partial charge < -0.3 is 25.5 Å². The van der Waals surface area contributed by atoms with Crippen LogP contribution in [0.5, 0.6) is 0 Å². The average molecular weight is 589 g/mol. The zero-order valence-electron chi connectivity index (χ0n) is 20.6. The molecule has 2 fully saturated rings. The molecule has 4 heterocycles. The van der Waals surface area contributed by atoms with Crippen LogP contribution in [0.1, 0.15) is 17.0 Å². The van der Waals surface area contributed by atoms with Gasteiger partial charge in [0, 0.05) is 29.6 Å². The van der Waals surface area contributed by atoms with Crippen LogP contribution in [0, 0.1) is 6.92 Å². The molecule has 3 atom stereocenters. The number of carboxylic acids is 1. The van der Waals surface area contributed by atoms with Crippen molar-refractivity contribution >= 4 is 76.0 Å². The molecule has 0 aliphatic carbocycles. The lowest BCUT2D eigenvalue weighted by Crippen LogP contribution is -2.74. The van der Waals surface area contributed by atoms with Gasteiger partial charge in [0.25, 0.3) is 5.91 Å². The Labute approximate surface area is 236 Å². The van der Waals surface area contributed by atoms with Gasteiger partial charge in [-0.25, -0.2) is 4.98 Å². The molecule has 15 heteroatoms. The molecule has 12 nitrogen and oxygen atoms in total. The van der Waals surface area contributed by atoms with Crippen molar-refractivity contribution in [2.45, 2.75) is 23.1 Å². The molecule has 2 unspecified atom stereocenters. The van der Waals surface area contributed by atoms with Crippen molar-refractivity contribution in [3.63, 3.8) is 0 Å². The number of amides is 3. The fourth-order valence-electron chi connectivity index (χ4n) is 3.69. The Balaban J connectivity index is 1.43. The predicted molar refractivity (Wildman–Crippen MR) is 150 cm³/mol. The van der Waals surface area contributed by atoms with Gasteiger partial charge in [0.15, 0.2) is 10.8 Å². The van der Waals surface area contributed by atoms with Crippen LogP contribution in [0.2, 0.25) is 0 Å². The Morgan fingerprint density at radius 1 is 1.44 bits per heavy atom. The number of anilines is 1. The molecule has 3 amide bonds. The van der Waals surface area contributed by atoms with E-state index in [9.17, 15) is 24.3 Å². The van der Waals surface area contributed by atoms with Crippen molar-refractivity contribution in [2.75, 3.05) is 24.2 Å². The van der Waals surface area contributed by atoms with Crippen LogP contribution < -0.4 is 10.6 Å². The smallest absolute Gasteiger partial charge is 0.322 e. The van der Waals surface area contributed by atoms with E-state index < -0.39 is 33.9 Å². The number of aryl methyl sites for hydroxylation is 1. The zero-order chi connectivity index (χ0) is 28.0. The Hall–Kier alpha value is -3.69. The van der Waals surface area contributed by atoms with Gasteiger partial charge in [-0.2, -0.15) is 0 Å². The average Bonchev–Trinajstić information content (AvgIpc) is 3.39. The van der Waals surface area contributed by atoms with Gasteiger partial charge in [-0.05, 0) is 30.0 Å². The Morgan fingerprint density at radius 3 is 2.95 bits per heavy atom. The second-order valence-corrected chi connectivity index (χ2v) is 11.6. The number of hydrogen-bond donors (Lipinski definition) is 3. The van der Waals surface area contributed by atoms with Gasteiger partial charge in [0.05, 0.1) is 0 Å². The molecule has 39 heavy (non-hydrogen) atoms. The van der Waals surface area contributed by atoms with Crippen molar-refractivity contribution in [3.8, 4) is 0 Å². The molecule has 4 rings (SSSR count). The summed E-state index contributed by atoms with van der Waals surface area (Å²) < 4.78 is -1.24. The number of aliphatic carboxylic acids is 1. The van der Waals surface area contributed by atoms with E-state index in [1.807, 2.05) is 19.1 Å². The number of thioether (sulfide) groups is 2. The molecule has 2 aromatic heterocycles. The summed E-state index contributed by atoms with van der Waals surface area (Å²) in [7, 11) is 0. The second kappa shape index (κ2) is 12.4. The van der Waals surface area contributed by atoms with Crippen LogP contribution in [-0.2, 0) is 24.0 Å². The molecule has 2 aliphatic heterocycles. The topological polar surface area (TPSA) is 163 Å². The predicted octanol–water partition coefficient (Wildman–Crippen LogP) is 1.95. The molecule has 204 valence electrons. The maximum absolute atomic E-state index is 13.1. The van der Waals surface area contributed by atoms with Crippen LogP contribution >= 0.6 is 34.9 Å². The van der Waals surface area contributed by atoms with E-state index in [2.05, 4.69) is 32.3 Å². The summed E-state index contributed by atoms with van der Waals surface area (Å²) in [5, 5.41) is 22.0. The molecular weight excluding hydrogens is 565 g/mol. The van der Waals surface area contributed by atoms with E-state index in [4.69, 9.17) is 4.84 Å². The summed E-state index contributed by atoms with van der Waals surface area (Å²) in [6, 6.07) is 2.88. The molecule has 3 N–H and O–H groups in total. The fraction of sp³-hybridized carbons (Fsp3) is 0.292. The summed E-state index contributed by atoms with van der Waals surface area (Å²) in [4.78, 5) is 64.0. The van der Waals surface area contributed by atoms with E-state index >= 15 is 0 Å². The minimum atomic E-state index is -1.24. The molecule has 0 aromatic carbocycles. The van der Waals surface area contributed by atoms with E-state index in [-0.39, 0.29) is 35.4 Å². The first-order valence-electron chi connectivity index (χ1n) is 11.5. The van der Waals surface area contributed by atoms with Crippen molar-refractivity contribution in [1.29, 1.82) is 0 Å². The normalized spacial score (nSPS) is 22.5. The maximum Gasteiger partial charge on any atom is 0.322 e. The van der Waals surface area contributed by atoms with E-state index in [1.165, 1.54) is 28.1 Å². The number of pyridine rings is 1. The summed E-state index contributed by atoms with van der Waals surface area (Å²) in [6.45, 7) is 5.44. The Bertz CT molecular complexity index is 1330. The third-order valence-corrected chi connectivity index (χ3v) is 9.37. The van der Waals surface area contributed by atoms with Crippen LogP contribution in [0.25, 0.3) is 6.08 Å². The van der Waals surface area contributed by atoms with E-state index in [0.717, 1.165) is 34.4 Å². The number of nitrogens with one attached hydrogen (secondary N) is 2. The summed E-state index contributed by atoms with van der Waals surface area (Å²) >= 11 is 3.51. The number of carboxylic acid groups (broad SMARTS) is 1. The van der Waals surface area contributed by atoms with Crippen molar-refractivity contribution < 1.29 is 29.1 Å². The van der Waals surface area contributed by atoms with Crippen molar-refractivity contribution in [1.82, 2.24) is 20.2 Å². The number of β-lactam (4-membered cyclic amide) rings is 1. The first kappa shape index (κ1) is 28.3. The number of fused-ring (bicyclic) bond motifs is 1. The van der Waals surface area contributed by atoms with Gasteiger partial charge in [-0.15, -0.1) is 34.9 Å². The minimum absolute atomic E-state index is 0.0113. The molecule has 2 aromatic rings. The van der Waals surface area contributed by atoms with Crippen LogP contribution in [0.15, 0.2) is 46.9 Å². The molecule has 0 spiro atoms. The largest absolute Gasteiger partial charge is 0.480 e. The quantitative estimate of drug-likeness (QED) is 0.0834. The number of carbonyl (C=O) groups excluding carboxylic acids is 3. The lowest BCUT2D eigenvalue weighted by Gasteiger charge is -2.53. The number of nitrogens with zero attached hydrogens (tertiary/aromatic N) is 4. The lowest BCUT2D eigenvalue weighted by molar-refractivity contribution is -0.151. The number of aromatic nitrogens is 2. The monoisotopic (exact) mass is 588 g/mol. The summed E-state index contributed by atoms with van der Waals surface area (Å²) in [6.07, 6.45) is 5.39. The second-order valence-electron chi connectivity index (χ2n) is 8.40. The van der Waals surface area contributed by atoms with Gasteiger partial charge in [0.1, 0.15) is 28.5 Å². The van der Waals surface area contributed by atoms with Crippen LogP contribution in [-0.4, -0.2) is 84.9 Å². The van der Waals surface area contributed by atoms with E-state index in [0.29, 0.717) is 6.41 Å². The first-order valence-corrected chi connectivity index (χ1v) is 14.3. The van der Waals surface area contributed by atoms with Gasteiger partial charge in [0.2, 0.25) is 12.3 Å². The molecule has 2 aliphatic rings. The van der Waals surface area contributed by atoms with Crippen molar-refractivity contribution in [2.24, 2.45) is 5.16 Å². The Morgan fingerprint density at radius 2 is 2.26 bits per heavy atom. The maximum atomic E-state index is 13.1. The number of rotatable bonds is 12. The van der Waals surface area contributed by atoms with Gasteiger partial charge >= 0.3 is 5.97 Å². The highest BCUT2D eigenvalue weighted by Crippen LogP contribution is 2.44.